The van der Waals surface area contributed by atoms with Gasteiger partial charge in [0.15, 0.2) is 0 Å². The molecule has 4 rings (SSSR count). The number of hydrogen-bond donors (Lipinski definition) is 3. The van der Waals surface area contributed by atoms with Gasteiger partial charge in [-0.15, -0.1) is 0 Å². The highest BCUT2D eigenvalue weighted by Crippen LogP contribution is 2.38. The molecule has 5 nitrogen and oxygen atoms in total. The second kappa shape index (κ2) is 8.63. The van der Waals surface area contributed by atoms with Crippen molar-refractivity contribution in [3.8, 4) is 0 Å². The molecular formula is C26H29FN4O. The number of allylic oxidation sites excluding steroid dienone is 2. The van der Waals surface area contributed by atoms with Gasteiger partial charge < -0.3 is 21.7 Å². The van der Waals surface area contributed by atoms with Gasteiger partial charge in [0, 0.05) is 23.4 Å². The lowest BCUT2D eigenvalue weighted by atomic mass is 9.79. The van der Waals surface area contributed by atoms with Crippen LogP contribution in [0, 0.1) is 11.7 Å². The number of fused-ring (bicyclic) bond motifs is 1. The van der Waals surface area contributed by atoms with Gasteiger partial charge in [-0.1, -0.05) is 50.3 Å². The highest BCUT2D eigenvalue weighted by atomic mass is 19.1. The molecule has 2 atom stereocenters. The fourth-order valence-electron chi connectivity index (χ4n) is 4.48. The van der Waals surface area contributed by atoms with E-state index in [1.807, 2.05) is 24.3 Å². The Labute approximate surface area is 188 Å². The zero-order valence-corrected chi connectivity index (χ0v) is 18.4. The van der Waals surface area contributed by atoms with E-state index in [-0.39, 0.29) is 11.7 Å². The van der Waals surface area contributed by atoms with Gasteiger partial charge in [-0.05, 0) is 60.0 Å². The van der Waals surface area contributed by atoms with Crippen molar-refractivity contribution in [1.82, 2.24) is 5.32 Å². The molecule has 5 N–H and O–H groups in total. The number of nitrogens with one attached hydrogen (secondary N) is 1. The highest BCUT2D eigenvalue weighted by molar-refractivity contribution is 5.92. The topological polar surface area (TPSA) is 84.4 Å². The lowest BCUT2D eigenvalue weighted by Gasteiger charge is -2.37. The Hall–Kier alpha value is -3.38. The minimum atomic E-state index is -0.916. The first-order valence-electron chi connectivity index (χ1n) is 10.9. The van der Waals surface area contributed by atoms with Crippen molar-refractivity contribution in [1.29, 1.82) is 0 Å². The largest absolute Gasteiger partial charge is 0.374 e. The van der Waals surface area contributed by atoms with Crippen LogP contribution >= 0.6 is 0 Å². The van der Waals surface area contributed by atoms with Gasteiger partial charge in [-0.25, -0.2) is 4.39 Å². The molecule has 1 amide bonds. The van der Waals surface area contributed by atoms with Gasteiger partial charge in [0.2, 0.25) is 5.91 Å². The van der Waals surface area contributed by atoms with Crippen molar-refractivity contribution < 1.29 is 9.18 Å². The number of carbonyl (C=O) groups is 1. The lowest BCUT2D eigenvalue weighted by molar-refractivity contribution is 0.0999. The summed E-state index contributed by atoms with van der Waals surface area (Å²) in [5, 5.41) is 3.34. The first-order chi connectivity index (χ1) is 15.3. The Bertz CT molecular complexity index is 1120. The summed E-state index contributed by atoms with van der Waals surface area (Å²) in [6.45, 7) is 5.09. The third kappa shape index (κ3) is 3.94. The van der Waals surface area contributed by atoms with E-state index in [2.05, 4.69) is 48.3 Å². The molecule has 0 saturated carbocycles. The third-order valence-corrected chi connectivity index (χ3v) is 6.05. The number of primary amides is 1. The standard InChI is InChI=1S/C26H29FN4O/c1-17(2)14-24(28)31-13-5-6-18-15-20(8-10-23(18)31)26(11-3-4-12-30-26)21-9-7-19(25(29)32)16-22(21)27/h3-12,15-17,24,30H,13-14,28H2,1-2H3,(H2,29,32). The number of nitrogens with zero attached hydrogens (tertiary/aromatic N) is 1. The quantitative estimate of drug-likeness (QED) is 0.644. The van der Waals surface area contributed by atoms with Crippen LogP contribution < -0.4 is 21.7 Å². The van der Waals surface area contributed by atoms with Gasteiger partial charge in [0.05, 0.1) is 6.17 Å². The van der Waals surface area contributed by atoms with Crippen LogP contribution in [-0.2, 0) is 5.54 Å². The van der Waals surface area contributed by atoms with Crippen LogP contribution in [0.4, 0.5) is 10.1 Å². The molecule has 2 unspecified atom stereocenters. The van der Waals surface area contributed by atoms with Crippen LogP contribution in [0.25, 0.3) is 6.08 Å². The molecule has 2 aliphatic heterocycles. The molecule has 0 radical (unpaired) electrons. The number of amides is 1. The van der Waals surface area contributed by atoms with Crippen molar-refractivity contribution in [3.05, 3.63) is 95.0 Å². The Balaban J connectivity index is 1.78. The zero-order valence-electron chi connectivity index (χ0n) is 18.4. The van der Waals surface area contributed by atoms with Crippen LogP contribution in [0.1, 0.15) is 47.3 Å². The molecule has 0 saturated heterocycles. The average Bonchev–Trinajstić information content (AvgIpc) is 2.78. The Morgan fingerprint density at radius 2 is 2.03 bits per heavy atom. The molecule has 2 heterocycles. The average molecular weight is 433 g/mol. The molecule has 0 spiro atoms. The number of rotatable bonds is 6. The van der Waals surface area contributed by atoms with E-state index in [4.69, 9.17) is 11.5 Å². The highest BCUT2D eigenvalue weighted by Gasteiger charge is 2.35. The molecule has 2 aromatic rings. The number of carbonyl (C=O) groups excluding carboxylic acids is 1. The Morgan fingerprint density at radius 3 is 2.69 bits per heavy atom. The molecular weight excluding hydrogens is 403 g/mol. The molecule has 0 aliphatic carbocycles. The fraction of sp³-hybridized carbons (Fsp3) is 0.269. The van der Waals surface area contributed by atoms with Crippen molar-refractivity contribution in [2.45, 2.75) is 32.0 Å². The molecule has 2 aliphatic rings. The number of benzene rings is 2. The van der Waals surface area contributed by atoms with E-state index in [9.17, 15) is 4.79 Å². The van der Waals surface area contributed by atoms with E-state index in [0.717, 1.165) is 29.8 Å². The second-order valence-electron chi connectivity index (χ2n) is 8.75. The van der Waals surface area contributed by atoms with Crippen molar-refractivity contribution in [2.24, 2.45) is 17.4 Å². The summed E-state index contributed by atoms with van der Waals surface area (Å²) in [6.07, 6.45) is 12.5. The summed E-state index contributed by atoms with van der Waals surface area (Å²) >= 11 is 0. The van der Waals surface area contributed by atoms with Crippen LogP contribution in [-0.4, -0.2) is 18.6 Å². The van der Waals surface area contributed by atoms with E-state index in [1.165, 1.54) is 6.07 Å². The summed E-state index contributed by atoms with van der Waals surface area (Å²) in [5.41, 5.74) is 14.4. The van der Waals surface area contributed by atoms with Crippen LogP contribution in [0.5, 0.6) is 0 Å². The van der Waals surface area contributed by atoms with E-state index < -0.39 is 17.3 Å². The number of nitrogens with two attached hydrogens (primary N) is 2. The number of anilines is 1. The van der Waals surface area contributed by atoms with Crippen molar-refractivity contribution in [2.75, 3.05) is 11.4 Å². The molecule has 0 bridgehead atoms. The maximum atomic E-state index is 15.2. The van der Waals surface area contributed by atoms with Crippen LogP contribution in [0.3, 0.4) is 0 Å². The summed E-state index contributed by atoms with van der Waals surface area (Å²) in [4.78, 5) is 13.7. The molecule has 0 aromatic heterocycles. The molecule has 0 fully saturated rings. The minimum absolute atomic E-state index is 0.0760. The number of dihydropyridines is 1. The van der Waals surface area contributed by atoms with Gasteiger partial charge in [-0.2, -0.15) is 0 Å². The van der Waals surface area contributed by atoms with Gasteiger partial charge >= 0.3 is 0 Å². The molecule has 32 heavy (non-hydrogen) atoms. The van der Waals surface area contributed by atoms with Crippen LogP contribution in [0.2, 0.25) is 0 Å². The predicted molar refractivity (Wildman–Crippen MR) is 127 cm³/mol. The van der Waals surface area contributed by atoms with Crippen molar-refractivity contribution >= 4 is 17.7 Å². The maximum Gasteiger partial charge on any atom is 0.248 e. The third-order valence-electron chi connectivity index (χ3n) is 6.05. The fourth-order valence-corrected chi connectivity index (χ4v) is 4.48. The first kappa shape index (κ1) is 21.8. The van der Waals surface area contributed by atoms with Crippen LogP contribution in [0.15, 0.2) is 66.9 Å². The zero-order chi connectivity index (χ0) is 22.9. The summed E-state index contributed by atoms with van der Waals surface area (Å²) in [6, 6.07) is 10.5. The Morgan fingerprint density at radius 1 is 1.22 bits per heavy atom. The summed E-state index contributed by atoms with van der Waals surface area (Å²) < 4.78 is 15.2. The van der Waals surface area contributed by atoms with Gasteiger partial charge in [0.25, 0.3) is 0 Å². The number of halogens is 1. The minimum Gasteiger partial charge on any atom is -0.374 e. The van der Waals surface area contributed by atoms with Gasteiger partial charge in [-0.3, -0.25) is 4.79 Å². The Kier molecular flexibility index (Phi) is 5.89. The summed E-state index contributed by atoms with van der Waals surface area (Å²) in [7, 11) is 0. The molecule has 2 aromatic carbocycles. The summed E-state index contributed by atoms with van der Waals surface area (Å²) in [5.74, 6) is -0.660. The van der Waals surface area contributed by atoms with Crippen molar-refractivity contribution in [3.63, 3.8) is 0 Å². The predicted octanol–water partition coefficient (Wildman–Crippen LogP) is 4.01. The molecule has 166 valence electrons. The van der Waals surface area contributed by atoms with E-state index >= 15 is 4.39 Å². The van der Waals surface area contributed by atoms with E-state index in [1.54, 1.807) is 18.3 Å². The van der Waals surface area contributed by atoms with E-state index in [0.29, 0.717) is 11.5 Å². The normalized spacial score (nSPS) is 20.2. The lowest BCUT2D eigenvalue weighted by Crippen LogP contribution is -2.44. The number of hydrogen-bond acceptors (Lipinski definition) is 4. The smallest absolute Gasteiger partial charge is 0.248 e. The maximum absolute atomic E-state index is 15.2. The monoisotopic (exact) mass is 432 g/mol. The van der Waals surface area contributed by atoms with Gasteiger partial charge in [0.1, 0.15) is 11.4 Å². The SMILES string of the molecule is CC(C)CC(N)N1CC=Cc2cc(C3(c4ccc(C(N)=O)cc4F)C=CC=CN3)ccc21. The molecule has 6 heteroatoms. The first-order valence-corrected chi connectivity index (χ1v) is 10.9. The second-order valence-corrected chi connectivity index (χ2v) is 8.75.